The van der Waals surface area contributed by atoms with Crippen molar-refractivity contribution >= 4 is 0 Å². The second-order valence-corrected chi connectivity index (χ2v) is 16.5. The summed E-state index contributed by atoms with van der Waals surface area (Å²) in [6, 6.07) is 68.6. The minimum Gasteiger partial charge on any atom is -0.248 e. The molecular formula is C60H51N. The maximum Gasteiger partial charge on any atom is 0.0709 e. The molecule has 61 heavy (non-hydrogen) atoms. The Hall–Kier alpha value is -7.09. The molecule has 1 aromatic heterocycles. The van der Waals surface area contributed by atoms with Crippen molar-refractivity contribution in [3.05, 3.63) is 221 Å². The Morgan fingerprint density at radius 3 is 1.16 bits per heavy atom. The minimum absolute atomic E-state index is 0.975. The molecule has 8 aromatic carbocycles. The van der Waals surface area contributed by atoms with Crippen LogP contribution in [0, 0.1) is 34.6 Å². The number of pyridine rings is 1. The predicted molar refractivity (Wildman–Crippen MR) is 261 cm³/mol. The first-order chi connectivity index (χ1) is 29.7. The SMILES string of the molecule is CCc1cc(-c2ccc(-c3ccc(-c4ccc(-c5ccc(-c6cccc(-c7ccc(-c8ccccc8)cc7)n6)cc5C)c(C)c4)cc3C)c(C)c2)ccc1-c1ccccc1C. The van der Waals surface area contributed by atoms with E-state index >= 15 is 0 Å². The zero-order valence-electron chi connectivity index (χ0n) is 36.1. The molecule has 296 valence electrons. The average molecular weight is 786 g/mol. The first-order valence-corrected chi connectivity index (χ1v) is 21.5. The predicted octanol–water partition coefficient (Wildman–Crippen LogP) is 16.5. The Morgan fingerprint density at radius 1 is 0.279 bits per heavy atom. The van der Waals surface area contributed by atoms with E-state index in [4.69, 9.17) is 4.98 Å². The maximum absolute atomic E-state index is 5.09. The lowest BCUT2D eigenvalue weighted by Crippen LogP contribution is -1.93. The van der Waals surface area contributed by atoms with Crippen molar-refractivity contribution in [2.45, 2.75) is 48.0 Å². The van der Waals surface area contributed by atoms with E-state index in [-0.39, 0.29) is 0 Å². The van der Waals surface area contributed by atoms with Gasteiger partial charge in [-0.25, -0.2) is 4.98 Å². The fourth-order valence-electron chi connectivity index (χ4n) is 8.99. The molecule has 0 saturated heterocycles. The van der Waals surface area contributed by atoms with Crippen LogP contribution in [-0.4, -0.2) is 4.98 Å². The molecule has 0 unspecified atom stereocenters. The number of rotatable bonds is 9. The summed E-state index contributed by atoms with van der Waals surface area (Å²) < 4.78 is 0. The number of hydrogen-bond acceptors (Lipinski definition) is 1. The Kier molecular flexibility index (Phi) is 10.9. The number of aryl methyl sites for hydroxylation is 6. The summed E-state index contributed by atoms with van der Waals surface area (Å²) in [4.78, 5) is 5.09. The molecule has 1 nitrogen and oxygen atoms in total. The summed E-state index contributed by atoms with van der Waals surface area (Å²) in [6.45, 7) is 13.4. The lowest BCUT2D eigenvalue weighted by molar-refractivity contribution is 1.14. The molecule has 9 aromatic rings. The summed E-state index contributed by atoms with van der Waals surface area (Å²) in [7, 11) is 0. The van der Waals surface area contributed by atoms with E-state index in [1.807, 2.05) is 0 Å². The van der Waals surface area contributed by atoms with Crippen LogP contribution in [0.25, 0.3) is 89.3 Å². The van der Waals surface area contributed by atoms with Crippen molar-refractivity contribution in [1.29, 1.82) is 0 Å². The summed E-state index contributed by atoms with van der Waals surface area (Å²) >= 11 is 0. The normalized spacial score (nSPS) is 11.2. The third-order valence-electron chi connectivity index (χ3n) is 12.4. The van der Waals surface area contributed by atoms with Crippen molar-refractivity contribution < 1.29 is 0 Å². The van der Waals surface area contributed by atoms with Gasteiger partial charge in [0.2, 0.25) is 0 Å². The number of benzene rings is 8. The molecule has 0 bridgehead atoms. The van der Waals surface area contributed by atoms with Crippen LogP contribution in [0.2, 0.25) is 0 Å². The van der Waals surface area contributed by atoms with Crippen LogP contribution in [0.3, 0.4) is 0 Å². The summed E-state index contributed by atoms with van der Waals surface area (Å²) in [6.07, 6.45) is 0.996. The highest BCUT2D eigenvalue weighted by Gasteiger charge is 2.14. The molecule has 0 aliphatic rings. The van der Waals surface area contributed by atoms with Gasteiger partial charge < -0.3 is 0 Å². The zero-order valence-corrected chi connectivity index (χ0v) is 36.1. The molecule has 0 aliphatic carbocycles. The van der Waals surface area contributed by atoms with Gasteiger partial charge in [0.15, 0.2) is 0 Å². The topological polar surface area (TPSA) is 12.9 Å². The number of nitrogens with zero attached hydrogens (tertiary/aromatic N) is 1. The molecule has 1 heteroatoms. The van der Waals surface area contributed by atoms with Crippen LogP contribution in [0.1, 0.15) is 40.3 Å². The monoisotopic (exact) mass is 785 g/mol. The van der Waals surface area contributed by atoms with Gasteiger partial charge in [0, 0.05) is 11.1 Å². The van der Waals surface area contributed by atoms with Crippen molar-refractivity contribution in [2.75, 3.05) is 0 Å². The molecule has 0 saturated carbocycles. The fourth-order valence-corrected chi connectivity index (χ4v) is 8.99. The largest absolute Gasteiger partial charge is 0.248 e. The van der Waals surface area contributed by atoms with Gasteiger partial charge in [-0.15, -0.1) is 0 Å². The van der Waals surface area contributed by atoms with E-state index in [0.29, 0.717) is 0 Å². The summed E-state index contributed by atoms with van der Waals surface area (Å²) in [5, 5.41) is 0. The summed E-state index contributed by atoms with van der Waals surface area (Å²) in [5.74, 6) is 0. The van der Waals surface area contributed by atoms with E-state index < -0.39 is 0 Å². The fraction of sp³-hybridized carbons (Fsp3) is 0.117. The standard InChI is InChI=1S/C60H51N/c1-7-44-38-51(27-33-58(44)53-17-12-11-14-39(53)2)50-26-31-55(42(5)36-50)54-29-24-48(34-40(54)3)49-25-30-56(41(4)35-49)57-32-28-52(37-43(57)6)60-19-13-18-59(61-60)47-22-20-46(21-23-47)45-15-9-8-10-16-45/h8-38H,7H2,1-6H3. The van der Waals surface area contributed by atoms with Crippen molar-refractivity contribution in [2.24, 2.45) is 0 Å². The van der Waals surface area contributed by atoms with Crippen LogP contribution < -0.4 is 0 Å². The Morgan fingerprint density at radius 2 is 0.656 bits per heavy atom. The van der Waals surface area contributed by atoms with Crippen LogP contribution in [-0.2, 0) is 6.42 Å². The van der Waals surface area contributed by atoms with E-state index in [2.05, 4.69) is 230 Å². The van der Waals surface area contributed by atoms with E-state index in [1.54, 1.807) is 0 Å². The maximum atomic E-state index is 5.09. The highest BCUT2D eigenvalue weighted by molar-refractivity contribution is 5.82. The van der Waals surface area contributed by atoms with Crippen molar-refractivity contribution in [1.82, 2.24) is 4.98 Å². The lowest BCUT2D eigenvalue weighted by atomic mass is 9.89. The van der Waals surface area contributed by atoms with Crippen molar-refractivity contribution in [3.8, 4) is 89.3 Å². The minimum atomic E-state index is 0.975. The van der Waals surface area contributed by atoms with Gasteiger partial charge in [0.1, 0.15) is 0 Å². The van der Waals surface area contributed by atoms with Gasteiger partial charge in [0.25, 0.3) is 0 Å². The van der Waals surface area contributed by atoms with E-state index in [1.165, 1.54) is 100 Å². The zero-order chi connectivity index (χ0) is 42.0. The highest BCUT2D eigenvalue weighted by Crippen LogP contribution is 2.37. The Bertz CT molecular complexity index is 3040. The molecule has 0 amide bonds. The number of hydrogen-bond donors (Lipinski definition) is 0. The van der Waals surface area contributed by atoms with Gasteiger partial charge in [0.05, 0.1) is 11.4 Å². The van der Waals surface area contributed by atoms with Gasteiger partial charge in [-0.05, 0) is 159 Å². The van der Waals surface area contributed by atoms with Crippen LogP contribution >= 0.6 is 0 Å². The van der Waals surface area contributed by atoms with Gasteiger partial charge in [-0.1, -0.05) is 177 Å². The van der Waals surface area contributed by atoms with E-state index in [9.17, 15) is 0 Å². The number of aromatic nitrogens is 1. The van der Waals surface area contributed by atoms with Crippen LogP contribution in [0.15, 0.2) is 188 Å². The molecule has 9 rings (SSSR count). The quantitative estimate of drug-likeness (QED) is 0.142. The van der Waals surface area contributed by atoms with Gasteiger partial charge in [-0.3, -0.25) is 0 Å². The molecule has 0 aliphatic heterocycles. The Balaban J connectivity index is 0.921. The molecule has 0 atom stereocenters. The molecule has 1 heterocycles. The molecule has 0 N–H and O–H groups in total. The second-order valence-electron chi connectivity index (χ2n) is 16.5. The summed E-state index contributed by atoms with van der Waals surface area (Å²) in [5.41, 5.74) is 27.1. The van der Waals surface area contributed by atoms with Gasteiger partial charge in [-0.2, -0.15) is 0 Å². The van der Waals surface area contributed by atoms with Crippen LogP contribution in [0.5, 0.6) is 0 Å². The van der Waals surface area contributed by atoms with Crippen LogP contribution in [0.4, 0.5) is 0 Å². The molecule has 0 spiro atoms. The third-order valence-corrected chi connectivity index (χ3v) is 12.4. The molecule has 0 radical (unpaired) electrons. The third kappa shape index (κ3) is 8.00. The Labute approximate surface area is 362 Å². The van der Waals surface area contributed by atoms with E-state index in [0.717, 1.165) is 28.9 Å². The second kappa shape index (κ2) is 16.9. The van der Waals surface area contributed by atoms with Gasteiger partial charge >= 0.3 is 0 Å². The molecular weight excluding hydrogens is 735 g/mol. The first kappa shape index (κ1) is 39.4. The first-order valence-electron chi connectivity index (χ1n) is 21.5. The molecule has 0 fully saturated rings. The average Bonchev–Trinajstić information content (AvgIpc) is 3.29. The lowest BCUT2D eigenvalue weighted by Gasteiger charge is -2.16. The highest BCUT2D eigenvalue weighted by atomic mass is 14.7. The van der Waals surface area contributed by atoms with Crippen molar-refractivity contribution in [3.63, 3.8) is 0 Å². The smallest absolute Gasteiger partial charge is 0.0709 e.